The third-order valence-corrected chi connectivity index (χ3v) is 1.92. The van der Waals surface area contributed by atoms with Gasteiger partial charge in [0.05, 0.1) is 0 Å². The summed E-state index contributed by atoms with van der Waals surface area (Å²) in [5.41, 5.74) is 0.883. The minimum atomic E-state index is 0. The molecule has 0 aliphatic heterocycles. The van der Waals surface area contributed by atoms with Gasteiger partial charge in [0, 0.05) is 6.20 Å². The van der Waals surface area contributed by atoms with E-state index in [9.17, 15) is 0 Å². The molecule has 0 N–H and O–H groups in total. The smallest absolute Gasteiger partial charge is 0.779 e. The molecule has 0 unspecified atom stereocenters. The maximum atomic E-state index is 5.64. The SMILES string of the molecule is Cc1c([S-])ccnc1Cl.[Na+]. The van der Waals surface area contributed by atoms with Crippen molar-refractivity contribution in [2.24, 2.45) is 0 Å². The molecule has 0 aliphatic carbocycles. The minimum absolute atomic E-state index is 0. The fourth-order valence-electron chi connectivity index (χ4n) is 0.494. The largest absolute Gasteiger partial charge is 1.00 e. The minimum Gasteiger partial charge on any atom is -0.779 e. The fraction of sp³-hybridized carbons (Fsp3) is 0.167. The maximum Gasteiger partial charge on any atom is 1.00 e. The van der Waals surface area contributed by atoms with E-state index in [1.54, 1.807) is 12.3 Å². The first-order valence-electron chi connectivity index (χ1n) is 2.50. The number of hydrogen-bond donors (Lipinski definition) is 0. The molecule has 48 valence electrons. The normalized spacial score (nSPS) is 8.60. The van der Waals surface area contributed by atoms with Crippen molar-refractivity contribution in [1.29, 1.82) is 0 Å². The molecule has 0 bridgehead atoms. The molecule has 1 aromatic rings. The Morgan fingerprint density at radius 2 is 2.20 bits per heavy atom. The molecule has 4 heteroatoms. The van der Waals surface area contributed by atoms with Gasteiger partial charge in [-0.05, 0) is 12.5 Å². The van der Waals surface area contributed by atoms with Crippen molar-refractivity contribution in [2.75, 3.05) is 0 Å². The number of hydrogen-bond acceptors (Lipinski definition) is 2. The summed E-state index contributed by atoms with van der Waals surface area (Å²) in [6.07, 6.45) is 1.61. The Balaban J connectivity index is 0.000000810. The van der Waals surface area contributed by atoms with Gasteiger partial charge < -0.3 is 12.6 Å². The van der Waals surface area contributed by atoms with Crippen LogP contribution in [-0.2, 0) is 12.6 Å². The van der Waals surface area contributed by atoms with Crippen LogP contribution < -0.4 is 29.6 Å². The Labute approximate surface area is 92.9 Å². The van der Waals surface area contributed by atoms with E-state index >= 15 is 0 Å². The summed E-state index contributed by atoms with van der Waals surface area (Å²) in [6.45, 7) is 1.86. The predicted octanol–water partition coefficient (Wildman–Crippen LogP) is -1.05. The second-order valence-electron chi connectivity index (χ2n) is 1.72. The van der Waals surface area contributed by atoms with Gasteiger partial charge in [-0.2, -0.15) is 4.90 Å². The first kappa shape index (κ1) is 10.7. The van der Waals surface area contributed by atoms with Gasteiger partial charge in [-0.25, -0.2) is 4.98 Å². The van der Waals surface area contributed by atoms with Crippen molar-refractivity contribution in [3.63, 3.8) is 0 Å². The molecule has 0 fully saturated rings. The van der Waals surface area contributed by atoms with Crippen molar-refractivity contribution >= 4 is 24.2 Å². The Kier molecular flexibility index (Phi) is 4.82. The zero-order chi connectivity index (χ0) is 6.85. The van der Waals surface area contributed by atoms with Crippen molar-refractivity contribution in [1.82, 2.24) is 4.98 Å². The van der Waals surface area contributed by atoms with Crippen LogP contribution in [0.2, 0.25) is 5.15 Å². The quantitative estimate of drug-likeness (QED) is 0.288. The fourth-order valence-corrected chi connectivity index (χ4v) is 0.866. The second kappa shape index (κ2) is 4.52. The van der Waals surface area contributed by atoms with E-state index in [0.717, 1.165) is 10.5 Å². The van der Waals surface area contributed by atoms with Crippen LogP contribution in [0.1, 0.15) is 5.56 Å². The molecule has 0 spiro atoms. The average Bonchev–Trinajstić information content (AvgIpc) is 1.83. The molecule has 0 saturated carbocycles. The van der Waals surface area contributed by atoms with Gasteiger partial charge in [0.2, 0.25) is 0 Å². The Bertz CT molecular complexity index is 209. The number of nitrogens with zero attached hydrogens (tertiary/aromatic N) is 1. The summed E-state index contributed by atoms with van der Waals surface area (Å²) in [5.74, 6) is 0. The van der Waals surface area contributed by atoms with E-state index in [1.165, 1.54) is 0 Å². The molecule has 0 saturated heterocycles. The molecule has 1 rings (SSSR count). The number of rotatable bonds is 0. The van der Waals surface area contributed by atoms with E-state index in [-0.39, 0.29) is 29.6 Å². The van der Waals surface area contributed by atoms with Gasteiger partial charge in [0.1, 0.15) is 5.15 Å². The Morgan fingerprint density at radius 3 is 2.60 bits per heavy atom. The predicted molar refractivity (Wildman–Crippen MR) is 39.6 cm³/mol. The van der Waals surface area contributed by atoms with E-state index < -0.39 is 0 Å². The van der Waals surface area contributed by atoms with E-state index in [2.05, 4.69) is 4.98 Å². The molecule has 0 aliphatic rings. The first-order chi connectivity index (χ1) is 4.22. The van der Waals surface area contributed by atoms with Crippen LogP contribution >= 0.6 is 11.6 Å². The number of aromatic nitrogens is 1. The van der Waals surface area contributed by atoms with Crippen LogP contribution in [0.25, 0.3) is 0 Å². The zero-order valence-corrected chi connectivity index (χ0v) is 9.46. The van der Waals surface area contributed by atoms with E-state index in [0.29, 0.717) is 5.15 Å². The molecule has 0 amide bonds. The standard InChI is InChI=1S/C6H6ClNS.Na/c1-4-5(9)2-3-8-6(4)7;/h2-3H,1H3,(H,8,9);/q;+1/p-1. The van der Waals surface area contributed by atoms with Crippen molar-refractivity contribution < 1.29 is 29.6 Å². The molecule has 10 heavy (non-hydrogen) atoms. The van der Waals surface area contributed by atoms with Crippen LogP contribution in [0, 0.1) is 6.92 Å². The maximum absolute atomic E-state index is 5.64. The van der Waals surface area contributed by atoms with Crippen molar-refractivity contribution in [3.05, 3.63) is 23.0 Å². The molecular formula is C6H5ClNNaS. The average molecular weight is 182 g/mol. The Hall–Kier alpha value is 0.660. The summed E-state index contributed by atoms with van der Waals surface area (Å²) >= 11 is 10.6. The monoisotopic (exact) mass is 181 g/mol. The molecule has 0 atom stereocenters. The molecule has 1 aromatic heterocycles. The summed E-state index contributed by atoms with van der Waals surface area (Å²) < 4.78 is 0. The topological polar surface area (TPSA) is 12.9 Å². The van der Waals surface area contributed by atoms with Gasteiger partial charge in [0.25, 0.3) is 0 Å². The van der Waals surface area contributed by atoms with E-state index in [4.69, 9.17) is 24.2 Å². The Morgan fingerprint density at radius 1 is 1.60 bits per heavy atom. The third-order valence-electron chi connectivity index (χ3n) is 1.09. The van der Waals surface area contributed by atoms with Gasteiger partial charge in [0.15, 0.2) is 0 Å². The van der Waals surface area contributed by atoms with Crippen LogP contribution in [0.3, 0.4) is 0 Å². The molecule has 0 aromatic carbocycles. The first-order valence-corrected chi connectivity index (χ1v) is 3.28. The van der Waals surface area contributed by atoms with Gasteiger partial charge >= 0.3 is 29.6 Å². The van der Waals surface area contributed by atoms with Gasteiger partial charge in [-0.1, -0.05) is 17.7 Å². The van der Waals surface area contributed by atoms with Crippen LogP contribution in [-0.4, -0.2) is 4.98 Å². The molecular weight excluding hydrogens is 177 g/mol. The molecule has 1 heterocycles. The van der Waals surface area contributed by atoms with Crippen molar-refractivity contribution in [2.45, 2.75) is 11.8 Å². The second-order valence-corrected chi connectivity index (χ2v) is 2.52. The van der Waals surface area contributed by atoms with Gasteiger partial charge in [-0.15, -0.1) is 0 Å². The van der Waals surface area contributed by atoms with Crippen LogP contribution in [0.5, 0.6) is 0 Å². The van der Waals surface area contributed by atoms with Gasteiger partial charge in [-0.3, -0.25) is 0 Å². The van der Waals surface area contributed by atoms with Crippen molar-refractivity contribution in [3.8, 4) is 0 Å². The van der Waals surface area contributed by atoms with Crippen LogP contribution in [0.4, 0.5) is 0 Å². The summed E-state index contributed by atoms with van der Waals surface area (Å²) in [7, 11) is 0. The molecule has 0 radical (unpaired) electrons. The summed E-state index contributed by atoms with van der Waals surface area (Å²) in [6, 6.07) is 1.76. The summed E-state index contributed by atoms with van der Waals surface area (Å²) in [5, 5.41) is 0.502. The van der Waals surface area contributed by atoms with E-state index in [1.807, 2.05) is 6.92 Å². The third kappa shape index (κ3) is 2.36. The van der Waals surface area contributed by atoms with Crippen LogP contribution in [0.15, 0.2) is 17.2 Å². The molecule has 1 nitrogen and oxygen atoms in total. The number of halogens is 1. The zero-order valence-electron chi connectivity index (χ0n) is 5.89. The number of pyridine rings is 1. The summed E-state index contributed by atoms with van der Waals surface area (Å²) in [4.78, 5) is 4.61.